The average molecular weight is 387 g/mol. The number of unbranched alkanes of at least 4 members (excludes halogenated alkanes) is 3. The number of Topliss-reactive ketones (excluding diaryl/α,β-unsaturated/α-hetero) is 1. The van der Waals surface area contributed by atoms with Crippen LogP contribution in [0.15, 0.2) is 36.4 Å². The van der Waals surface area contributed by atoms with E-state index >= 15 is 0 Å². The molecule has 0 unspecified atom stereocenters. The Bertz CT molecular complexity index is 647. The fraction of sp³-hybridized carbons (Fsp3) is 0.583. The Morgan fingerprint density at radius 2 is 1.93 bits per heavy atom. The van der Waals surface area contributed by atoms with E-state index in [2.05, 4.69) is 13.0 Å². The predicted octanol–water partition coefficient (Wildman–Crippen LogP) is 5.56. The number of ketones is 1. The van der Waals surface area contributed by atoms with Crippen LogP contribution < -0.4 is 0 Å². The first kappa shape index (κ1) is 22.4. The van der Waals surface area contributed by atoms with Gasteiger partial charge in [-0.2, -0.15) is 0 Å². The van der Waals surface area contributed by atoms with E-state index in [1.165, 1.54) is 0 Å². The van der Waals surface area contributed by atoms with Gasteiger partial charge in [0.15, 0.2) is 0 Å². The third kappa shape index (κ3) is 6.90. The summed E-state index contributed by atoms with van der Waals surface area (Å²) < 4.78 is 0. The van der Waals surface area contributed by atoms with Crippen LogP contribution in [0.4, 0.5) is 0 Å². The molecule has 0 saturated heterocycles. The monoisotopic (exact) mass is 386 g/mol. The van der Waals surface area contributed by atoms with Crippen LogP contribution in [0, 0.1) is 5.92 Å². The molecule has 0 heterocycles. The van der Waals surface area contributed by atoms with Crippen LogP contribution in [0.2, 0.25) is 0 Å². The number of aliphatic hydroxyl groups excluding tert-OH is 1. The van der Waals surface area contributed by atoms with Gasteiger partial charge >= 0.3 is 5.97 Å². The molecule has 1 saturated carbocycles. The maximum absolute atomic E-state index is 12.4. The van der Waals surface area contributed by atoms with Crippen LogP contribution >= 0.6 is 0 Å². The molecule has 1 aliphatic rings. The van der Waals surface area contributed by atoms with Gasteiger partial charge in [0.1, 0.15) is 5.78 Å². The molecule has 0 spiro atoms. The molecular weight excluding hydrogens is 352 g/mol. The molecule has 0 aliphatic heterocycles. The molecular formula is C24H34O4. The number of carbonyl (C=O) groups excluding carboxylic acids is 1. The van der Waals surface area contributed by atoms with Gasteiger partial charge in [-0.25, -0.2) is 0 Å². The Morgan fingerprint density at radius 1 is 1.18 bits per heavy atom. The molecule has 3 atom stereocenters. The minimum absolute atomic E-state index is 0.0602. The largest absolute Gasteiger partial charge is 0.481 e. The van der Waals surface area contributed by atoms with E-state index in [0.29, 0.717) is 24.5 Å². The summed E-state index contributed by atoms with van der Waals surface area (Å²) in [5.41, 5.74) is 1.98. The summed E-state index contributed by atoms with van der Waals surface area (Å²) >= 11 is 0. The summed E-state index contributed by atoms with van der Waals surface area (Å²) in [7, 11) is 0. The molecule has 2 rings (SSSR count). The van der Waals surface area contributed by atoms with E-state index in [4.69, 9.17) is 5.11 Å². The molecule has 4 nitrogen and oxygen atoms in total. The minimum Gasteiger partial charge on any atom is -0.481 e. The molecule has 0 aromatic heterocycles. The second kappa shape index (κ2) is 11.8. The third-order valence-electron chi connectivity index (χ3n) is 5.71. The van der Waals surface area contributed by atoms with Crippen molar-refractivity contribution in [1.82, 2.24) is 0 Å². The summed E-state index contributed by atoms with van der Waals surface area (Å²) in [4.78, 5) is 23.0. The zero-order chi connectivity index (χ0) is 20.4. The topological polar surface area (TPSA) is 74.6 Å². The van der Waals surface area contributed by atoms with Gasteiger partial charge in [0.25, 0.3) is 0 Å². The van der Waals surface area contributed by atoms with Crippen molar-refractivity contribution in [2.45, 2.75) is 83.2 Å². The minimum atomic E-state index is -0.756. The Hall–Kier alpha value is -1.94. The van der Waals surface area contributed by atoms with Crippen molar-refractivity contribution in [3.05, 3.63) is 47.5 Å². The van der Waals surface area contributed by atoms with Gasteiger partial charge in [-0.1, -0.05) is 62.6 Å². The summed E-state index contributed by atoms with van der Waals surface area (Å²) in [6, 6.07) is 7.96. The molecule has 0 bridgehead atoms. The fourth-order valence-electron chi connectivity index (χ4n) is 4.06. The molecule has 1 aromatic rings. The molecule has 1 aliphatic carbocycles. The highest BCUT2D eigenvalue weighted by molar-refractivity contribution is 5.88. The maximum Gasteiger partial charge on any atom is 0.303 e. The number of carboxylic acid groups (broad SMARTS) is 1. The lowest BCUT2D eigenvalue weighted by Crippen LogP contribution is -2.12. The number of aliphatic carboxylic acids is 1. The Kier molecular flexibility index (Phi) is 9.42. The van der Waals surface area contributed by atoms with Crippen LogP contribution in [-0.4, -0.2) is 22.0 Å². The van der Waals surface area contributed by atoms with Crippen LogP contribution in [0.1, 0.15) is 94.3 Å². The number of benzene rings is 1. The van der Waals surface area contributed by atoms with Gasteiger partial charge in [0, 0.05) is 18.8 Å². The van der Waals surface area contributed by atoms with Crippen LogP contribution in [0.3, 0.4) is 0 Å². The molecule has 1 aromatic carbocycles. The summed E-state index contributed by atoms with van der Waals surface area (Å²) in [5, 5.41) is 19.0. The Balaban J connectivity index is 1.91. The standard InChI is InChI=1S/C24H34O4/c1-2-3-6-10-21(25)18-12-14-20(15-13-18)24-19(16-17-22(24)26)9-7-4-5-8-11-23(27)28/h4,7,12-15,19,21,24-25H,2-3,5-6,8-11,16-17H2,1H3,(H,27,28)/t19-,21+,24-/m0/s1. The molecule has 28 heavy (non-hydrogen) atoms. The van der Waals surface area contributed by atoms with Gasteiger partial charge in [-0.3, -0.25) is 9.59 Å². The summed E-state index contributed by atoms with van der Waals surface area (Å²) in [6.45, 7) is 2.15. The first-order valence-corrected chi connectivity index (χ1v) is 10.7. The number of allylic oxidation sites excluding steroid dienone is 2. The predicted molar refractivity (Wildman–Crippen MR) is 111 cm³/mol. The number of carbonyl (C=O) groups is 2. The van der Waals surface area contributed by atoms with Gasteiger partial charge in [-0.15, -0.1) is 0 Å². The highest BCUT2D eigenvalue weighted by atomic mass is 16.4. The van der Waals surface area contributed by atoms with Crippen molar-refractivity contribution in [3.63, 3.8) is 0 Å². The lowest BCUT2D eigenvalue weighted by atomic mass is 9.85. The highest BCUT2D eigenvalue weighted by Gasteiger charge is 2.34. The number of carboxylic acids is 1. The zero-order valence-corrected chi connectivity index (χ0v) is 17.0. The molecule has 1 fully saturated rings. The summed E-state index contributed by atoms with van der Waals surface area (Å²) in [6.07, 6.45) is 11.8. The van der Waals surface area contributed by atoms with Crippen molar-refractivity contribution in [3.8, 4) is 0 Å². The number of hydrogen-bond acceptors (Lipinski definition) is 3. The van der Waals surface area contributed by atoms with E-state index in [9.17, 15) is 14.7 Å². The maximum atomic E-state index is 12.4. The van der Waals surface area contributed by atoms with Gasteiger partial charge in [0.05, 0.1) is 6.10 Å². The third-order valence-corrected chi connectivity index (χ3v) is 5.71. The van der Waals surface area contributed by atoms with Crippen LogP contribution in [0.25, 0.3) is 0 Å². The SMILES string of the molecule is CCCCC[C@@H](O)c1ccc([C@H]2C(=O)CC[C@@H]2CC=CCCCC(=O)O)cc1. The summed E-state index contributed by atoms with van der Waals surface area (Å²) in [5.74, 6) is -0.201. The molecule has 4 heteroatoms. The van der Waals surface area contributed by atoms with Crippen molar-refractivity contribution in [2.75, 3.05) is 0 Å². The van der Waals surface area contributed by atoms with Crippen molar-refractivity contribution in [1.29, 1.82) is 0 Å². The average Bonchev–Trinajstić information content (AvgIpc) is 3.05. The van der Waals surface area contributed by atoms with E-state index in [0.717, 1.165) is 56.1 Å². The zero-order valence-electron chi connectivity index (χ0n) is 17.0. The molecule has 154 valence electrons. The molecule has 0 amide bonds. The smallest absolute Gasteiger partial charge is 0.303 e. The van der Waals surface area contributed by atoms with Crippen molar-refractivity contribution >= 4 is 11.8 Å². The lowest BCUT2D eigenvalue weighted by Gasteiger charge is -2.18. The Morgan fingerprint density at radius 3 is 2.61 bits per heavy atom. The van der Waals surface area contributed by atoms with Gasteiger partial charge < -0.3 is 10.2 Å². The van der Waals surface area contributed by atoms with Crippen molar-refractivity contribution in [2.24, 2.45) is 5.92 Å². The quantitative estimate of drug-likeness (QED) is 0.364. The first-order chi connectivity index (χ1) is 13.5. The Labute approximate surface area is 168 Å². The normalized spacial score (nSPS) is 20.7. The first-order valence-electron chi connectivity index (χ1n) is 10.7. The molecule has 2 N–H and O–H groups in total. The van der Waals surface area contributed by atoms with Crippen LogP contribution in [-0.2, 0) is 9.59 Å². The van der Waals surface area contributed by atoms with Crippen LogP contribution in [0.5, 0.6) is 0 Å². The number of hydrogen-bond donors (Lipinski definition) is 2. The lowest BCUT2D eigenvalue weighted by molar-refractivity contribution is -0.137. The fourth-order valence-corrected chi connectivity index (χ4v) is 4.06. The highest BCUT2D eigenvalue weighted by Crippen LogP contribution is 2.39. The van der Waals surface area contributed by atoms with Crippen molar-refractivity contribution < 1.29 is 19.8 Å². The van der Waals surface area contributed by atoms with Gasteiger partial charge in [-0.05, 0) is 49.1 Å². The van der Waals surface area contributed by atoms with E-state index in [1.807, 2.05) is 30.3 Å². The van der Waals surface area contributed by atoms with Gasteiger partial charge in [0.2, 0.25) is 0 Å². The second-order valence-electron chi connectivity index (χ2n) is 7.91. The number of rotatable bonds is 12. The molecule has 0 radical (unpaired) electrons. The number of aliphatic hydroxyl groups is 1. The second-order valence-corrected chi connectivity index (χ2v) is 7.91. The van der Waals surface area contributed by atoms with E-state index < -0.39 is 12.1 Å². The van der Waals surface area contributed by atoms with E-state index in [-0.39, 0.29) is 12.3 Å². The van der Waals surface area contributed by atoms with E-state index in [1.54, 1.807) is 0 Å².